The van der Waals surface area contributed by atoms with Crippen LogP contribution in [0.5, 0.6) is 5.88 Å². The molecule has 1 aliphatic heterocycles. The molecule has 0 saturated carbocycles. The minimum absolute atomic E-state index is 0.0658. The lowest BCUT2D eigenvalue weighted by Crippen LogP contribution is -2.41. The molecule has 1 aliphatic carbocycles. The van der Waals surface area contributed by atoms with Gasteiger partial charge in [-0.15, -0.1) is 11.3 Å². The van der Waals surface area contributed by atoms with Gasteiger partial charge in [0.15, 0.2) is 6.61 Å². The summed E-state index contributed by atoms with van der Waals surface area (Å²) < 4.78 is 5.89. The van der Waals surface area contributed by atoms with Gasteiger partial charge < -0.3 is 9.64 Å². The van der Waals surface area contributed by atoms with E-state index in [0.717, 1.165) is 48.5 Å². The Morgan fingerprint density at radius 1 is 1.32 bits per heavy atom. The lowest BCUT2D eigenvalue weighted by Gasteiger charge is -2.30. The average molecular weight is 359 g/mol. The van der Waals surface area contributed by atoms with Crippen molar-refractivity contribution in [2.24, 2.45) is 11.8 Å². The number of ether oxygens (including phenoxy) is 1. The molecule has 5 nitrogen and oxygen atoms in total. The standard InChI is InChI=1S/C19H25N3O2S/c1-12-5-6-14-15(8-12)25-19-17(14)18(20-11-21-19)24-10-16(23)22-7-3-4-13(2)9-22/h11-13H,3-10H2,1-2H3. The molecular weight excluding hydrogens is 334 g/mol. The summed E-state index contributed by atoms with van der Waals surface area (Å²) in [6.07, 6.45) is 7.20. The summed E-state index contributed by atoms with van der Waals surface area (Å²) in [5, 5.41) is 1.04. The predicted octanol–water partition coefficient (Wildman–Crippen LogP) is 3.45. The number of nitrogens with zero attached hydrogens (tertiary/aromatic N) is 3. The Morgan fingerprint density at radius 3 is 3.04 bits per heavy atom. The number of hydrogen-bond donors (Lipinski definition) is 0. The van der Waals surface area contributed by atoms with Crippen molar-refractivity contribution in [2.45, 2.75) is 46.0 Å². The van der Waals surface area contributed by atoms with Crippen LogP contribution in [-0.4, -0.2) is 40.5 Å². The van der Waals surface area contributed by atoms with Crippen molar-refractivity contribution in [3.63, 3.8) is 0 Å². The number of fused-ring (bicyclic) bond motifs is 3. The van der Waals surface area contributed by atoms with Crippen molar-refractivity contribution in [3.8, 4) is 5.88 Å². The Hall–Kier alpha value is -1.69. The highest BCUT2D eigenvalue weighted by Gasteiger charge is 2.25. The zero-order chi connectivity index (χ0) is 17.4. The summed E-state index contributed by atoms with van der Waals surface area (Å²) in [5.74, 6) is 1.95. The second kappa shape index (κ2) is 6.90. The van der Waals surface area contributed by atoms with Gasteiger partial charge in [-0.2, -0.15) is 0 Å². The van der Waals surface area contributed by atoms with Crippen molar-refractivity contribution < 1.29 is 9.53 Å². The quantitative estimate of drug-likeness (QED) is 0.842. The first kappa shape index (κ1) is 16.8. The van der Waals surface area contributed by atoms with Gasteiger partial charge >= 0.3 is 0 Å². The number of aryl methyl sites for hydroxylation is 1. The lowest BCUT2D eigenvalue weighted by atomic mass is 9.89. The van der Waals surface area contributed by atoms with E-state index in [9.17, 15) is 4.79 Å². The number of aromatic nitrogens is 2. The van der Waals surface area contributed by atoms with Gasteiger partial charge in [0.2, 0.25) is 5.88 Å². The highest BCUT2D eigenvalue weighted by molar-refractivity contribution is 7.18. The number of likely N-dealkylation sites (tertiary alicyclic amines) is 1. The summed E-state index contributed by atoms with van der Waals surface area (Å²) in [6, 6.07) is 0. The fourth-order valence-electron chi connectivity index (χ4n) is 3.99. The van der Waals surface area contributed by atoms with E-state index >= 15 is 0 Å². The minimum atomic E-state index is 0.0658. The van der Waals surface area contributed by atoms with E-state index in [2.05, 4.69) is 23.8 Å². The second-order valence-electron chi connectivity index (χ2n) is 7.59. The Kier molecular flexibility index (Phi) is 4.63. The van der Waals surface area contributed by atoms with Gasteiger partial charge in [-0.3, -0.25) is 4.79 Å². The van der Waals surface area contributed by atoms with E-state index in [1.165, 1.54) is 23.3 Å². The van der Waals surface area contributed by atoms with Crippen LogP contribution in [0.25, 0.3) is 10.2 Å². The molecule has 2 unspecified atom stereocenters. The largest absolute Gasteiger partial charge is 0.467 e. The van der Waals surface area contributed by atoms with Gasteiger partial charge in [0.05, 0.1) is 5.39 Å². The number of carbonyl (C=O) groups excluding carboxylic acids is 1. The van der Waals surface area contributed by atoms with Crippen LogP contribution in [0.2, 0.25) is 0 Å². The molecule has 1 saturated heterocycles. The summed E-state index contributed by atoms with van der Waals surface area (Å²) in [5.41, 5.74) is 1.34. The van der Waals surface area contributed by atoms with Gasteiger partial charge in [-0.05, 0) is 49.5 Å². The molecule has 2 aliphatic rings. The van der Waals surface area contributed by atoms with Crippen LogP contribution in [0.3, 0.4) is 0 Å². The van der Waals surface area contributed by atoms with E-state index in [-0.39, 0.29) is 12.5 Å². The van der Waals surface area contributed by atoms with Gasteiger partial charge in [0, 0.05) is 18.0 Å². The SMILES string of the molecule is CC1CCc2c(sc3ncnc(OCC(=O)N4CCCC(C)C4)c23)C1. The molecule has 6 heteroatoms. The monoisotopic (exact) mass is 359 g/mol. The van der Waals surface area contributed by atoms with Gasteiger partial charge in [0.1, 0.15) is 11.2 Å². The van der Waals surface area contributed by atoms with Gasteiger partial charge in [-0.1, -0.05) is 13.8 Å². The first-order chi connectivity index (χ1) is 12.1. The van der Waals surface area contributed by atoms with E-state index in [1.807, 2.05) is 4.90 Å². The molecule has 1 fully saturated rings. The Balaban J connectivity index is 1.53. The maximum absolute atomic E-state index is 12.5. The van der Waals surface area contributed by atoms with E-state index in [0.29, 0.717) is 11.8 Å². The number of piperidine rings is 1. The average Bonchev–Trinajstić information content (AvgIpc) is 2.97. The van der Waals surface area contributed by atoms with Crippen molar-refractivity contribution in [3.05, 3.63) is 16.8 Å². The maximum atomic E-state index is 12.5. The number of amides is 1. The topological polar surface area (TPSA) is 55.3 Å². The third-order valence-corrected chi connectivity index (χ3v) is 6.56. The lowest BCUT2D eigenvalue weighted by molar-refractivity contribution is -0.135. The van der Waals surface area contributed by atoms with Crippen molar-refractivity contribution in [1.82, 2.24) is 14.9 Å². The van der Waals surface area contributed by atoms with Crippen LogP contribution in [0, 0.1) is 11.8 Å². The van der Waals surface area contributed by atoms with E-state index < -0.39 is 0 Å². The third-order valence-electron chi connectivity index (χ3n) is 5.40. The molecular formula is C19H25N3O2S. The minimum Gasteiger partial charge on any atom is -0.467 e. The summed E-state index contributed by atoms with van der Waals surface area (Å²) in [7, 11) is 0. The molecule has 2 atom stereocenters. The fraction of sp³-hybridized carbons (Fsp3) is 0.632. The van der Waals surface area contributed by atoms with Crippen LogP contribution < -0.4 is 4.74 Å². The van der Waals surface area contributed by atoms with Gasteiger partial charge in [-0.25, -0.2) is 9.97 Å². The number of rotatable bonds is 3. The molecule has 0 spiro atoms. The Morgan fingerprint density at radius 2 is 2.20 bits per heavy atom. The smallest absolute Gasteiger partial charge is 0.260 e. The molecule has 134 valence electrons. The maximum Gasteiger partial charge on any atom is 0.260 e. The molecule has 0 aromatic carbocycles. The normalized spacial score (nSPS) is 23.5. The van der Waals surface area contributed by atoms with Crippen molar-refractivity contribution >= 4 is 27.5 Å². The second-order valence-corrected chi connectivity index (χ2v) is 8.67. The van der Waals surface area contributed by atoms with Crippen molar-refractivity contribution in [2.75, 3.05) is 19.7 Å². The number of carbonyl (C=O) groups is 1. The highest BCUT2D eigenvalue weighted by Crippen LogP contribution is 2.40. The van der Waals surface area contributed by atoms with Gasteiger partial charge in [0.25, 0.3) is 5.91 Å². The molecule has 25 heavy (non-hydrogen) atoms. The van der Waals surface area contributed by atoms with Crippen LogP contribution in [0.1, 0.15) is 43.6 Å². The predicted molar refractivity (Wildman–Crippen MR) is 99.1 cm³/mol. The molecule has 0 radical (unpaired) electrons. The first-order valence-corrected chi connectivity index (χ1v) is 10.1. The number of thiophene rings is 1. The zero-order valence-corrected chi connectivity index (χ0v) is 15.8. The molecule has 2 aromatic rings. The first-order valence-electron chi connectivity index (χ1n) is 9.27. The molecule has 1 amide bonds. The molecule has 4 rings (SSSR count). The Bertz CT molecular complexity index is 788. The van der Waals surface area contributed by atoms with E-state index in [1.54, 1.807) is 17.7 Å². The third kappa shape index (κ3) is 3.36. The summed E-state index contributed by atoms with van der Waals surface area (Å²) in [4.78, 5) is 25.6. The summed E-state index contributed by atoms with van der Waals surface area (Å²) in [6.45, 7) is 6.26. The summed E-state index contributed by atoms with van der Waals surface area (Å²) >= 11 is 1.75. The molecule has 0 bridgehead atoms. The molecule has 3 heterocycles. The van der Waals surface area contributed by atoms with E-state index in [4.69, 9.17) is 4.74 Å². The molecule has 2 aromatic heterocycles. The molecule has 0 N–H and O–H groups in total. The zero-order valence-electron chi connectivity index (χ0n) is 15.0. The number of hydrogen-bond acceptors (Lipinski definition) is 5. The van der Waals surface area contributed by atoms with Crippen molar-refractivity contribution in [1.29, 1.82) is 0 Å². The van der Waals surface area contributed by atoms with Crippen LogP contribution >= 0.6 is 11.3 Å². The van der Waals surface area contributed by atoms with Crippen LogP contribution in [0.15, 0.2) is 6.33 Å². The Labute approximate surface area is 152 Å². The van der Waals surface area contributed by atoms with Crippen LogP contribution in [0.4, 0.5) is 0 Å². The fourth-order valence-corrected chi connectivity index (χ4v) is 5.33. The highest BCUT2D eigenvalue weighted by atomic mass is 32.1. The van der Waals surface area contributed by atoms with Crippen LogP contribution in [-0.2, 0) is 17.6 Å².